The number of hydrogen-bond donors (Lipinski definition) is 0. The lowest BCUT2D eigenvalue weighted by Crippen LogP contribution is -2.30. The smallest absolute Gasteiger partial charge is 0.208 e. The van der Waals surface area contributed by atoms with Crippen molar-refractivity contribution in [2.45, 2.75) is 45.2 Å². The van der Waals surface area contributed by atoms with Gasteiger partial charge in [-0.25, -0.2) is 4.98 Å². The summed E-state index contributed by atoms with van der Waals surface area (Å²) in [5, 5.41) is 0. The fourth-order valence-electron chi connectivity index (χ4n) is 3.72. The molecule has 5 nitrogen and oxygen atoms in total. The Balaban J connectivity index is 1.64. The molecule has 0 aromatic carbocycles. The molecule has 3 rings (SSSR count). The first-order chi connectivity index (χ1) is 11.8. The normalized spacial score (nSPS) is 22.0. The van der Waals surface area contributed by atoms with Crippen molar-refractivity contribution in [3.05, 3.63) is 47.9 Å². The quantitative estimate of drug-likeness (QED) is 0.832. The van der Waals surface area contributed by atoms with Crippen LogP contribution in [-0.4, -0.2) is 47.0 Å². The number of pyridine rings is 1. The summed E-state index contributed by atoms with van der Waals surface area (Å²) >= 11 is 0. The highest BCUT2D eigenvalue weighted by Gasteiger charge is 2.33. The summed E-state index contributed by atoms with van der Waals surface area (Å²) in [6.07, 6.45) is 6.92. The van der Waals surface area contributed by atoms with Crippen LogP contribution >= 0.6 is 0 Å². The van der Waals surface area contributed by atoms with Crippen molar-refractivity contribution in [3.63, 3.8) is 0 Å². The van der Waals surface area contributed by atoms with Crippen molar-refractivity contribution in [2.24, 2.45) is 5.92 Å². The average molecular weight is 342 g/mol. The highest BCUT2D eigenvalue weighted by Crippen LogP contribution is 2.36. The zero-order chi connectivity index (χ0) is 18.0. The standard InChI is InChI=1S/C20H30N4O/c1-20(2,3)17-12-22-18(25-17)14-23(4)13-16-8-10-24(5)19(16)15-7-6-9-21-11-15/h6-7,9,11-12,16,19H,8,10,13-14H2,1-5H3/t16-,19-/m0/s1. The molecule has 1 aliphatic rings. The van der Waals surface area contributed by atoms with E-state index < -0.39 is 0 Å². The Morgan fingerprint density at radius 3 is 2.76 bits per heavy atom. The van der Waals surface area contributed by atoms with E-state index in [-0.39, 0.29) is 5.41 Å². The Labute approximate surface area is 151 Å². The van der Waals surface area contributed by atoms with Gasteiger partial charge in [0.05, 0.1) is 12.7 Å². The molecule has 0 bridgehead atoms. The highest BCUT2D eigenvalue weighted by molar-refractivity contribution is 5.17. The molecule has 2 aromatic heterocycles. The van der Waals surface area contributed by atoms with Gasteiger partial charge >= 0.3 is 0 Å². The van der Waals surface area contributed by atoms with Gasteiger partial charge in [0.2, 0.25) is 5.89 Å². The van der Waals surface area contributed by atoms with Gasteiger partial charge in [0.15, 0.2) is 0 Å². The Hall–Kier alpha value is -1.72. The molecule has 0 N–H and O–H groups in total. The topological polar surface area (TPSA) is 45.4 Å². The summed E-state index contributed by atoms with van der Waals surface area (Å²) in [4.78, 5) is 13.5. The molecule has 1 aliphatic heterocycles. The van der Waals surface area contributed by atoms with E-state index >= 15 is 0 Å². The predicted octanol–water partition coefficient (Wildman–Crippen LogP) is 3.49. The number of rotatable bonds is 5. The van der Waals surface area contributed by atoms with Crippen molar-refractivity contribution in [2.75, 3.05) is 27.2 Å². The van der Waals surface area contributed by atoms with Crippen LogP contribution in [0.15, 0.2) is 35.1 Å². The summed E-state index contributed by atoms with van der Waals surface area (Å²) in [5.74, 6) is 2.35. The van der Waals surface area contributed by atoms with Gasteiger partial charge in [-0.15, -0.1) is 0 Å². The van der Waals surface area contributed by atoms with E-state index in [0.717, 1.165) is 31.3 Å². The van der Waals surface area contributed by atoms with Crippen LogP contribution in [0, 0.1) is 5.92 Å². The fourth-order valence-corrected chi connectivity index (χ4v) is 3.72. The van der Waals surface area contributed by atoms with Crippen LogP contribution in [0.25, 0.3) is 0 Å². The largest absolute Gasteiger partial charge is 0.444 e. The van der Waals surface area contributed by atoms with E-state index in [4.69, 9.17) is 4.42 Å². The second-order valence-electron chi connectivity index (χ2n) is 8.33. The third-order valence-corrected chi connectivity index (χ3v) is 5.04. The Bertz CT molecular complexity index is 677. The summed E-state index contributed by atoms with van der Waals surface area (Å²) in [6.45, 7) is 9.34. The second-order valence-corrected chi connectivity index (χ2v) is 8.33. The van der Waals surface area contributed by atoms with E-state index in [2.05, 4.69) is 60.7 Å². The van der Waals surface area contributed by atoms with Gasteiger partial charge in [-0.2, -0.15) is 0 Å². The number of hydrogen-bond acceptors (Lipinski definition) is 5. The Morgan fingerprint density at radius 2 is 2.12 bits per heavy atom. The van der Waals surface area contributed by atoms with Gasteiger partial charge in [-0.05, 0) is 44.6 Å². The molecule has 0 unspecified atom stereocenters. The molecule has 0 saturated carbocycles. The summed E-state index contributed by atoms with van der Waals surface area (Å²) in [7, 11) is 4.36. The molecule has 2 atom stereocenters. The zero-order valence-electron chi connectivity index (χ0n) is 16.1. The van der Waals surface area contributed by atoms with E-state index in [1.54, 1.807) is 0 Å². The minimum absolute atomic E-state index is 0.00336. The first-order valence-corrected chi connectivity index (χ1v) is 9.08. The lowest BCUT2D eigenvalue weighted by molar-refractivity contribution is 0.200. The predicted molar refractivity (Wildman–Crippen MR) is 99.3 cm³/mol. The molecular formula is C20H30N4O. The van der Waals surface area contributed by atoms with Crippen molar-refractivity contribution < 1.29 is 4.42 Å². The third kappa shape index (κ3) is 4.28. The maximum absolute atomic E-state index is 5.94. The molecule has 2 aromatic rings. The molecule has 1 fully saturated rings. The van der Waals surface area contributed by atoms with E-state index in [1.165, 1.54) is 12.0 Å². The SMILES string of the molecule is CN(Cc1ncc(C(C)(C)C)o1)C[C@@H]1CCN(C)[C@H]1c1cccnc1. The number of oxazole rings is 1. The average Bonchev–Trinajstić information content (AvgIpc) is 3.15. The molecule has 25 heavy (non-hydrogen) atoms. The van der Waals surface area contributed by atoms with Crippen LogP contribution in [0.2, 0.25) is 0 Å². The van der Waals surface area contributed by atoms with Gasteiger partial charge < -0.3 is 4.42 Å². The first-order valence-electron chi connectivity index (χ1n) is 9.08. The maximum Gasteiger partial charge on any atom is 0.208 e. The van der Waals surface area contributed by atoms with Gasteiger partial charge in [0.25, 0.3) is 0 Å². The van der Waals surface area contributed by atoms with Gasteiger partial charge in [0.1, 0.15) is 5.76 Å². The van der Waals surface area contributed by atoms with Crippen LogP contribution in [-0.2, 0) is 12.0 Å². The number of nitrogens with zero attached hydrogens (tertiary/aromatic N) is 4. The molecule has 0 amide bonds. The molecule has 3 heterocycles. The van der Waals surface area contributed by atoms with Crippen LogP contribution in [0.3, 0.4) is 0 Å². The van der Waals surface area contributed by atoms with Crippen LogP contribution in [0.1, 0.15) is 50.4 Å². The molecule has 0 radical (unpaired) electrons. The third-order valence-electron chi connectivity index (χ3n) is 5.04. The minimum Gasteiger partial charge on any atom is -0.444 e. The fraction of sp³-hybridized carbons (Fsp3) is 0.600. The Morgan fingerprint density at radius 1 is 1.32 bits per heavy atom. The summed E-state index contributed by atoms with van der Waals surface area (Å²) in [5.41, 5.74) is 1.32. The number of likely N-dealkylation sites (tertiary alicyclic amines) is 1. The molecule has 5 heteroatoms. The Kier molecular flexibility index (Phi) is 5.25. The monoisotopic (exact) mass is 342 g/mol. The molecule has 1 saturated heterocycles. The van der Waals surface area contributed by atoms with Gasteiger partial charge in [-0.3, -0.25) is 14.8 Å². The molecule has 0 spiro atoms. The lowest BCUT2D eigenvalue weighted by Gasteiger charge is -2.28. The van der Waals surface area contributed by atoms with Crippen LogP contribution in [0.4, 0.5) is 0 Å². The number of aromatic nitrogens is 2. The minimum atomic E-state index is 0.00336. The zero-order valence-corrected chi connectivity index (χ0v) is 16.1. The van der Waals surface area contributed by atoms with Gasteiger partial charge in [-0.1, -0.05) is 26.8 Å². The van der Waals surface area contributed by atoms with E-state index in [0.29, 0.717) is 12.0 Å². The summed E-state index contributed by atoms with van der Waals surface area (Å²) < 4.78 is 5.94. The van der Waals surface area contributed by atoms with E-state index in [9.17, 15) is 0 Å². The molecule has 136 valence electrons. The molecule has 0 aliphatic carbocycles. The van der Waals surface area contributed by atoms with Crippen molar-refractivity contribution in [1.82, 2.24) is 19.8 Å². The first kappa shape index (κ1) is 18.1. The van der Waals surface area contributed by atoms with Crippen LogP contribution in [0.5, 0.6) is 0 Å². The van der Waals surface area contributed by atoms with Crippen molar-refractivity contribution in [1.29, 1.82) is 0 Å². The second kappa shape index (κ2) is 7.26. The van der Waals surface area contributed by atoms with Crippen LogP contribution < -0.4 is 0 Å². The summed E-state index contributed by atoms with van der Waals surface area (Å²) in [6, 6.07) is 4.66. The molecular weight excluding hydrogens is 312 g/mol. The lowest BCUT2D eigenvalue weighted by atomic mass is 9.94. The highest BCUT2D eigenvalue weighted by atomic mass is 16.4. The van der Waals surface area contributed by atoms with E-state index in [1.807, 2.05) is 24.7 Å². The maximum atomic E-state index is 5.94. The van der Waals surface area contributed by atoms with Crippen molar-refractivity contribution >= 4 is 0 Å². The van der Waals surface area contributed by atoms with Crippen molar-refractivity contribution in [3.8, 4) is 0 Å². The van der Waals surface area contributed by atoms with Gasteiger partial charge in [0, 0.05) is 30.4 Å².